The molecule has 0 radical (unpaired) electrons. The molecule has 8 nitrogen and oxygen atoms in total. The highest BCUT2D eigenvalue weighted by atomic mass is 32.1. The van der Waals surface area contributed by atoms with E-state index in [4.69, 9.17) is 9.15 Å². The maximum Gasteiger partial charge on any atom is 0.306 e. The molecular weight excluding hydrogens is 358 g/mol. The van der Waals surface area contributed by atoms with E-state index < -0.39 is 11.0 Å². The number of thiophene rings is 1. The standard InChI is InChI=1S/C17H15N3O5S/c1-11(24-15(21)9-8-14-3-2-10-26-14)16-18-19-17(25-16)12-4-6-13(7-5-12)20(22)23/h2-7,10-11H,8-9H2,1H3/t11-/m1/s1. The number of esters is 1. The summed E-state index contributed by atoms with van der Waals surface area (Å²) in [5, 5.41) is 20.4. The van der Waals surface area contributed by atoms with Crippen molar-refractivity contribution in [3.63, 3.8) is 0 Å². The highest BCUT2D eigenvalue weighted by Crippen LogP contribution is 2.24. The first kappa shape index (κ1) is 17.7. The van der Waals surface area contributed by atoms with E-state index in [0.717, 1.165) is 4.88 Å². The number of benzene rings is 1. The van der Waals surface area contributed by atoms with E-state index in [0.29, 0.717) is 12.0 Å². The van der Waals surface area contributed by atoms with Crippen molar-refractivity contribution in [2.45, 2.75) is 25.9 Å². The molecule has 0 spiro atoms. The van der Waals surface area contributed by atoms with Crippen LogP contribution < -0.4 is 0 Å². The summed E-state index contributed by atoms with van der Waals surface area (Å²) < 4.78 is 10.8. The molecule has 0 fully saturated rings. The number of hydrogen-bond donors (Lipinski definition) is 0. The SMILES string of the molecule is C[C@@H](OC(=O)CCc1cccs1)c1nnc(-c2ccc([N+](=O)[O-])cc2)o1. The highest BCUT2D eigenvalue weighted by Gasteiger charge is 2.19. The topological polar surface area (TPSA) is 108 Å². The van der Waals surface area contributed by atoms with E-state index in [1.165, 1.54) is 24.3 Å². The molecule has 3 rings (SSSR count). The van der Waals surface area contributed by atoms with Gasteiger partial charge in [0, 0.05) is 22.6 Å². The second-order valence-electron chi connectivity index (χ2n) is 5.46. The van der Waals surface area contributed by atoms with Gasteiger partial charge in [0.05, 0.1) is 11.3 Å². The number of ether oxygens (including phenoxy) is 1. The molecule has 0 saturated carbocycles. The lowest BCUT2D eigenvalue weighted by molar-refractivity contribution is -0.384. The van der Waals surface area contributed by atoms with Crippen molar-refractivity contribution in [1.29, 1.82) is 0 Å². The maximum absolute atomic E-state index is 11.9. The first-order valence-corrected chi connectivity index (χ1v) is 8.71. The first-order valence-electron chi connectivity index (χ1n) is 7.83. The van der Waals surface area contributed by atoms with Crippen molar-refractivity contribution in [2.75, 3.05) is 0 Å². The molecule has 9 heteroatoms. The van der Waals surface area contributed by atoms with Crippen molar-refractivity contribution in [1.82, 2.24) is 10.2 Å². The van der Waals surface area contributed by atoms with Crippen molar-refractivity contribution < 1.29 is 18.9 Å². The van der Waals surface area contributed by atoms with Gasteiger partial charge in [0.15, 0.2) is 6.10 Å². The van der Waals surface area contributed by atoms with Gasteiger partial charge in [-0.25, -0.2) is 0 Å². The minimum absolute atomic E-state index is 0.0264. The van der Waals surface area contributed by atoms with Gasteiger partial charge >= 0.3 is 5.97 Å². The number of nitro groups is 1. The largest absolute Gasteiger partial charge is 0.453 e. The molecule has 3 aromatic rings. The summed E-state index contributed by atoms with van der Waals surface area (Å²) in [7, 11) is 0. The minimum atomic E-state index is -0.676. The second kappa shape index (κ2) is 7.87. The third kappa shape index (κ3) is 4.31. The van der Waals surface area contributed by atoms with Crippen LogP contribution in [0.1, 0.15) is 30.2 Å². The Morgan fingerprint density at radius 2 is 2.08 bits per heavy atom. The number of nitrogens with zero attached hydrogens (tertiary/aromatic N) is 3. The Balaban J connectivity index is 1.59. The Labute approximate surface area is 152 Å². The smallest absolute Gasteiger partial charge is 0.306 e. The summed E-state index contributed by atoms with van der Waals surface area (Å²) in [6.07, 6.45) is 0.222. The molecule has 134 valence electrons. The summed E-state index contributed by atoms with van der Waals surface area (Å²) in [6.45, 7) is 1.65. The molecule has 1 atom stereocenters. The van der Waals surface area contributed by atoms with E-state index in [1.54, 1.807) is 18.3 Å². The molecule has 0 aliphatic carbocycles. The van der Waals surface area contributed by atoms with E-state index >= 15 is 0 Å². The number of aromatic nitrogens is 2. The van der Waals surface area contributed by atoms with Crippen LogP contribution in [0.2, 0.25) is 0 Å². The Morgan fingerprint density at radius 1 is 1.31 bits per heavy atom. The van der Waals surface area contributed by atoms with Crippen LogP contribution in [0.4, 0.5) is 5.69 Å². The van der Waals surface area contributed by atoms with Gasteiger partial charge in [0.2, 0.25) is 5.89 Å². The molecule has 0 aliphatic heterocycles. The number of carbonyl (C=O) groups excluding carboxylic acids is 1. The molecular formula is C17H15N3O5S. The summed E-state index contributed by atoms with van der Waals surface area (Å²) in [6, 6.07) is 9.66. The van der Waals surface area contributed by atoms with E-state index in [2.05, 4.69) is 10.2 Å². The molecule has 0 unspecified atom stereocenters. The van der Waals surface area contributed by atoms with Crippen LogP contribution in [-0.4, -0.2) is 21.1 Å². The number of rotatable bonds is 7. The van der Waals surface area contributed by atoms with Crippen molar-refractivity contribution in [3.05, 3.63) is 62.7 Å². The lowest BCUT2D eigenvalue weighted by Gasteiger charge is -2.08. The maximum atomic E-state index is 11.9. The van der Waals surface area contributed by atoms with Crippen LogP contribution in [-0.2, 0) is 16.0 Å². The fourth-order valence-corrected chi connectivity index (χ4v) is 2.94. The molecule has 0 aliphatic rings. The van der Waals surface area contributed by atoms with Crippen LogP contribution in [0.15, 0.2) is 46.2 Å². The Morgan fingerprint density at radius 3 is 2.73 bits per heavy atom. The summed E-state index contributed by atoms with van der Waals surface area (Å²) in [4.78, 5) is 23.2. The number of non-ortho nitro benzene ring substituents is 1. The Hall–Kier alpha value is -3.07. The van der Waals surface area contributed by atoms with E-state index in [9.17, 15) is 14.9 Å². The van der Waals surface area contributed by atoms with Crippen molar-refractivity contribution in [3.8, 4) is 11.5 Å². The molecule has 0 amide bonds. The van der Waals surface area contributed by atoms with Gasteiger partial charge in [0.25, 0.3) is 11.6 Å². The lowest BCUT2D eigenvalue weighted by atomic mass is 10.2. The number of nitro benzene ring substituents is 1. The van der Waals surface area contributed by atoms with Crippen LogP contribution in [0.5, 0.6) is 0 Å². The average Bonchev–Trinajstić information content (AvgIpc) is 3.32. The quantitative estimate of drug-likeness (QED) is 0.350. The highest BCUT2D eigenvalue weighted by molar-refractivity contribution is 7.09. The van der Waals surface area contributed by atoms with Gasteiger partial charge in [-0.15, -0.1) is 21.5 Å². The molecule has 2 aromatic heterocycles. The molecule has 26 heavy (non-hydrogen) atoms. The number of carbonyl (C=O) groups is 1. The fraction of sp³-hybridized carbons (Fsp3) is 0.235. The normalized spacial score (nSPS) is 11.9. The molecule has 2 heterocycles. The molecule has 1 aromatic carbocycles. The summed E-state index contributed by atoms with van der Waals surface area (Å²) in [5.74, 6) is 0.0280. The third-order valence-corrected chi connectivity index (χ3v) is 4.51. The Kier molecular flexibility index (Phi) is 5.37. The number of hydrogen-bond acceptors (Lipinski definition) is 8. The lowest BCUT2D eigenvalue weighted by Crippen LogP contribution is -2.09. The number of aryl methyl sites for hydroxylation is 1. The van der Waals surface area contributed by atoms with Crippen LogP contribution >= 0.6 is 11.3 Å². The second-order valence-corrected chi connectivity index (χ2v) is 6.49. The molecule has 0 N–H and O–H groups in total. The zero-order valence-electron chi connectivity index (χ0n) is 13.8. The fourth-order valence-electron chi connectivity index (χ4n) is 2.23. The van der Waals surface area contributed by atoms with Crippen LogP contribution in [0.25, 0.3) is 11.5 Å². The average molecular weight is 373 g/mol. The van der Waals surface area contributed by atoms with E-state index in [-0.39, 0.29) is 29.9 Å². The third-order valence-electron chi connectivity index (χ3n) is 3.58. The summed E-state index contributed by atoms with van der Waals surface area (Å²) >= 11 is 1.59. The molecule has 0 saturated heterocycles. The van der Waals surface area contributed by atoms with Crippen LogP contribution in [0.3, 0.4) is 0 Å². The van der Waals surface area contributed by atoms with Gasteiger partial charge in [-0.3, -0.25) is 14.9 Å². The van der Waals surface area contributed by atoms with Gasteiger partial charge in [-0.1, -0.05) is 6.07 Å². The van der Waals surface area contributed by atoms with Crippen LogP contribution in [0, 0.1) is 10.1 Å². The monoisotopic (exact) mass is 373 g/mol. The van der Waals surface area contributed by atoms with Gasteiger partial charge in [0.1, 0.15) is 0 Å². The van der Waals surface area contributed by atoms with E-state index in [1.807, 2.05) is 17.5 Å². The van der Waals surface area contributed by atoms with Gasteiger partial charge < -0.3 is 9.15 Å². The zero-order chi connectivity index (χ0) is 18.5. The molecule has 0 bridgehead atoms. The Bertz CT molecular complexity index is 890. The van der Waals surface area contributed by atoms with Crippen molar-refractivity contribution in [2.24, 2.45) is 0 Å². The predicted molar refractivity (Wildman–Crippen MR) is 93.5 cm³/mol. The minimum Gasteiger partial charge on any atom is -0.453 e. The van der Waals surface area contributed by atoms with Gasteiger partial charge in [-0.2, -0.15) is 0 Å². The predicted octanol–water partition coefficient (Wildman–Crippen LogP) is 3.94. The first-order chi connectivity index (χ1) is 12.5. The zero-order valence-corrected chi connectivity index (χ0v) is 14.6. The summed E-state index contributed by atoms with van der Waals surface area (Å²) in [5.41, 5.74) is 0.520. The van der Waals surface area contributed by atoms with Crippen molar-refractivity contribution >= 4 is 23.0 Å². The van der Waals surface area contributed by atoms with Gasteiger partial charge in [-0.05, 0) is 36.9 Å².